The number of hydrogen-bond donors (Lipinski definition) is 14. The van der Waals surface area contributed by atoms with Crippen molar-refractivity contribution in [2.24, 2.45) is 22.2 Å². The minimum Gasteiger partial charge on any atom is -0.481 e. The highest BCUT2D eigenvalue weighted by molar-refractivity contribution is 8.76. The molecule has 8 amide bonds. The van der Waals surface area contributed by atoms with E-state index in [0.717, 1.165) is 81.9 Å². The van der Waals surface area contributed by atoms with Gasteiger partial charge in [0.2, 0.25) is 52.9 Å². The lowest BCUT2D eigenvalue weighted by atomic mass is 9.79. The number of aliphatic carboxylic acids is 3. The molecule has 4 heterocycles. The second-order valence-electron chi connectivity index (χ2n) is 26.7. The number of carboxylic acid groups (broad SMARTS) is 3. The molecule has 2 saturated heterocycles. The summed E-state index contributed by atoms with van der Waals surface area (Å²) in [5, 5.41) is 62.0. The number of aliphatic imine (C=N–C) groups is 1. The topological polar surface area (TPSA) is 453 Å². The van der Waals surface area contributed by atoms with Crippen molar-refractivity contribution in [3.8, 4) is 0 Å². The first kappa shape index (κ1) is 79.6. The van der Waals surface area contributed by atoms with Crippen LogP contribution in [-0.4, -0.2) is 206 Å². The van der Waals surface area contributed by atoms with Crippen molar-refractivity contribution in [3.63, 3.8) is 0 Å². The number of rotatable bonds is 25. The Bertz CT molecular complexity index is 4110. The van der Waals surface area contributed by atoms with Crippen LogP contribution < -0.4 is 59.3 Å². The van der Waals surface area contributed by atoms with Gasteiger partial charge < -0.3 is 84.6 Å². The number of allylic oxidation sites excluding steroid dienone is 8. The predicted octanol–water partition coefficient (Wildman–Crippen LogP) is 2.73. The maximum absolute atomic E-state index is 14.6. The van der Waals surface area contributed by atoms with Crippen LogP contribution in [0.4, 0.5) is 11.4 Å². The van der Waals surface area contributed by atoms with Crippen molar-refractivity contribution in [1.82, 2.24) is 42.1 Å². The molecule has 29 nitrogen and oxygen atoms in total. The number of nitrogens with two attached hydrogens (primary N) is 3. The van der Waals surface area contributed by atoms with Crippen molar-refractivity contribution in [2.75, 3.05) is 62.3 Å². The van der Waals surface area contributed by atoms with Gasteiger partial charge in [-0.25, -0.2) is 4.79 Å². The summed E-state index contributed by atoms with van der Waals surface area (Å²) >= 11 is 0. The molecule has 0 aliphatic carbocycles. The van der Waals surface area contributed by atoms with Gasteiger partial charge in [-0.2, -0.15) is 4.58 Å². The molecule has 104 heavy (non-hydrogen) atoms. The largest absolute Gasteiger partial charge is 0.481 e. The van der Waals surface area contributed by atoms with Crippen LogP contribution in [0, 0.1) is 0 Å². The number of guanidine groups is 1. The van der Waals surface area contributed by atoms with E-state index < -0.39 is 138 Å². The van der Waals surface area contributed by atoms with E-state index in [9.17, 15) is 73.2 Å². The minimum absolute atomic E-state index is 0.0102. The molecular weight excluding hydrogens is 1380 g/mol. The first-order chi connectivity index (χ1) is 49.7. The summed E-state index contributed by atoms with van der Waals surface area (Å²) in [4.78, 5) is 157. The molecule has 0 saturated carbocycles. The molecule has 4 aliphatic rings. The Labute approximate surface area is 609 Å². The molecule has 4 aromatic carbocycles. The third-order valence-electron chi connectivity index (χ3n) is 18.6. The van der Waals surface area contributed by atoms with Gasteiger partial charge in [-0.1, -0.05) is 120 Å². The molecule has 2 fully saturated rings. The molecule has 4 aromatic rings. The van der Waals surface area contributed by atoms with Gasteiger partial charge in [0.15, 0.2) is 18.2 Å². The molecule has 17 N–H and O–H groups in total. The van der Waals surface area contributed by atoms with Gasteiger partial charge in [0, 0.05) is 72.1 Å². The summed E-state index contributed by atoms with van der Waals surface area (Å²) in [6.45, 7) is 7.18. The third kappa shape index (κ3) is 20.2. The van der Waals surface area contributed by atoms with Crippen molar-refractivity contribution in [2.45, 2.75) is 145 Å². The summed E-state index contributed by atoms with van der Waals surface area (Å²) in [5.41, 5.74) is 21.4. The molecule has 556 valence electrons. The standard InChI is InChI=1S/C73H92N14O15S2/c1-72(2)56(25-8-6-5-7-9-26-57-73(3,4)63-46-21-13-11-19-44(46)28-30-54(63)86(57)37-32-60(91)92)85(53-29-27-43-18-10-12-20-45(43)62(53)72)36-31-58(89)80-51-41-103-104-42-52(67(98)81-48(70(101)102)22-14-15-33-74)84-68(99)55-24-17-35-87(55)69(100)50(40-88)83-66(97)49(38-61(93)94)82-65(96)47(23-16-34-77-71(75)76)79-59(90)39-78-64(51)95/h5-13,18-21,25-30,47-52,55,88H,14-17,22-24,31-42,74H2,1-4H3,(H13-,75,76,77,78,79,80,81,82,83,84,89,90,91,92,93,94,95,96,97,98,99,101,102)/p+1. The van der Waals surface area contributed by atoms with Gasteiger partial charge >= 0.3 is 17.9 Å². The average Bonchev–Trinajstić information content (AvgIpc) is 1.58. The zero-order chi connectivity index (χ0) is 75.4. The van der Waals surface area contributed by atoms with Crippen LogP contribution in [-0.2, 0) is 63.6 Å². The van der Waals surface area contributed by atoms with E-state index >= 15 is 0 Å². The first-order valence-electron chi connectivity index (χ1n) is 34.5. The zero-order valence-corrected chi connectivity index (χ0v) is 60.2. The Morgan fingerprint density at radius 3 is 2.08 bits per heavy atom. The lowest BCUT2D eigenvalue weighted by Gasteiger charge is -2.30. The molecule has 0 aromatic heterocycles. The van der Waals surface area contributed by atoms with Gasteiger partial charge in [0.1, 0.15) is 48.7 Å². The summed E-state index contributed by atoms with van der Waals surface area (Å²) in [6.07, 6.45) is 13.1. The number of nitrogens with zero attached hydrogens (tertiary/aromatic N) is 4. The Kier molecular flexibility index (Phi) is 28.2. The number of nitrogens with one attached hydrogen (secondary N) is 7. The van der Waals surface area contributed by atoms with E-state index in [4.69, 9.17) is 17.2 Å². The average molecular weight is 1470 g/mol. The number of aliphatic hydroxyl groups excluding tert-OH is 1. The number of unbranched alkanes of at least 4 members (excludes halogenated alkanes) is 1. The van der Waals surface area contributed by atoms with Crippen LogP contribution in [0.15, 0.2) is 126 Å². The summed E-state index contributed by atoms with van der Waals surface area (Å²) in [6, 6.07) is 13.4. The number of anilines is 1. The zero-order valence-electron chi connectivity index (χ0n) is 58.6. The fraction of sp³-hybridized carbons (Fsp3) is 0.438. The molecule has 4 aliphatic heterocycles. The lowest BCUT2D eigenvalue weighted by molar-refractivity contribution is -0.436. The summed E-state index contributed by atoms with van der Waals surface area (Å²) in [7, 11) is 1.97. The Hall–Kier alpha value is -10.1. The van der Waals surface area contributed by atoms with Crippen molar-refractivity contribution < 1.29 is 77.7 Å². The van der Waals surface area contributed by atoms with Crippen molar-refractivity contribution >= 4 is 131 Å². The van der Waals surface area contributed by atoms with Gasteiger partial charge in [0.25, 0.3) is 0 Å². The Balaban J connectivity index is 1.07. The second kappa shape index (κ2) is 36.9. The van der Waals surface area contributed by atoms with Gasteiger partial charge in [-0.15, -0.1) is 0 Å². The quantitative estimate of drug-likeness (QED) is 0.0113. The molecule has 0 bridgehead atoms. The Morgan fingerprint density at radius 1 is 0.731 bits per heavy atom. The monoisotopic (exact) mass is 1470 g/mol. The van der Waals surface area contributed by atoms with Crippen molar-refractivity contribution in [3.05, 3.63) is 132 Å². The van der Waals surface area contributed by atoms with E-state index in [1.807, 2.05) is 96.0 Å². The summed E-state index contributed by atoms with van der Waals surface area (Å²) in [5.74, 6) is -12.1. The van der Waals surface area contributed by atoms with Crippen LogP contribution in [0.3, 0.4) is 0 Å². The van der Waals surface area contributed by atoms with Crippen LogP contribution in [0.25, 0.3) is 21.5 Å². The van der Waals surface area contributed by atoms with Crippen LogP contribution in [0.2, 0.25) is 0 Å². The van der Waals surface area contributed by atoms with Gasteiger partial charge in [0.05, 0.1) is 25.0 Å². The normalized spacial score (nSPS) is 22.0. The number of amides is 8. The fourth-order valence-corrected chi connectivity index (χ4v) is 15.9. The molecule has 31 heteroatoms. The van der Waals surface area contributed by atoms with E-state index in [1.54, 1.807) is 0 Å². The molecule has 8 rings (SSSR count). The van der Waals surface area contributed by atoms with Gasteiger partial charge in [-0.3, -0.25) is 52.9 Å². The Morgan fingerprint density at radius 2 is 1.39 bits per heavy atom. The van der Waals surface area contributed by atoms with E-state index in [1.165, 1.54) is 0 Å². The molecule has 0 spiro atoms. The first-order valence-corrected chi connectivity index (χ1v) is 37.0. The predicted molar refractivity (Wildman–Crippen MR) is 397 cm³/mol. The maximum Gasteiger partial charge on any atom is 0.326 e. The number of carboxylic acids is 3. The third-order valence-corrected chi connectivity index (χ3v) is 21.1. The minimum atomic E-state index is -1.92. The van der Waals surface area contributed by atoms with Crippen LogP contribution in [0.1, 0.15) is 103 Å². The number of hydrogen-bond acceptors (Lipinski definition) is 17. The summed E-state index contributed by atoms with van der Waals surface area (Å²) < 4.78 is 2.08. The molecule has 7 atom stereocenters. The van der Waals surface area contributed by atoms with Crippen LogP contribution >= 0.6 is 21.6 Å². The molecular formula is C73H93N14O15S2+. The number of fused-ring (bicyclic) bond motifs is 7. The van der Waals surface area contributed by atoms with Crippen molar-refractivity contribution in [1.29, 1.82) is 0 Å². The highest BCUT2D eigenvalue weighted by Gasteiger charge is 2.47. The van der Waals surface area contributed by atoms with Gasteiger partial charge in [-0.05, 0) is 111 Å². The second-order valence-corrected chi connectivity index (χ2v) is 29.2. The number of carbonyl (C=O) groups excluding carboxylic acids is 8. The lowest BCUT2D eigenvalue weighted by Crippen LogP contribution is -2.60. The number of benzene rings is 4. The number of aliphatic hydroxyl groups is 1. The highest BCUT2D eigenvalue weighted by atomic mass is 33.1. The van der Waals surface area contributed by atoms with E-state index in [0.29, 0.717) is 12.8 Å². The number of carbonyl (C=O) groups is 11. The molecule has 0 radical (unpaired) electrons. The highest BCUT2D eigenvalue weighted by Crippen LogP contribution is 2.51. The van der Waals surface area contributed by atoms with Crippen LogP contribution in [0.5, 0.6) is 0 Å². The van der Waals surface area contributed by atoms with E-state index in [-0.39, 0.29) is 95.1 Å². The SMILES string of the molecule is CC1(C)C(/C=C/C=C/C=C/C=C2/N(CCC(=O)NC3CSSCC(C(=O)NC(CCCCN)C(=O)O)NC(=O)C4CCCN4C(=O)C(CO)NC(=O)C(CC(=O)O)NC(=O)C(CCCN=C(N)N)NC(=O)CNC3=O)c3ccc4ccccc4c3C2(C)C)=[N+](CCC(=O)O)c2ccc3ccccc3c21. The smallest absolute Gasteiger partial charge is 0.326 e. The maximum atomic E-state index is 14.6. The fourth-order valence-electron chi connectivity index (χ4n) is 13.5. The van der Waals surface area contributed by atoms with E-state index in [2.05, 4.69) is 98.7 Å². The molecule has 7 unspecified atom stereocenters.